The number of benzene rings is 1. The average Bonchev–Trinajstić information content (AvgIpc) is 2.90. The average molecular weight is 320 g/mol. The Balaban J connectivity index is 2.00. The highest BCUT2D eigenvalue weighted by atomic mass is 79.9. The highest BCUT2D eigenvalue weighted by Gasteiger charge is 2.30. The zero-order valence-corrected chi connectivity index (χ0v) is 12.7. The highest BCUT2D eigenvalue weighted by Crippen LogP contribution is 2.32. The Hall–Kier alpha value is -1.13. The van der Waals surface area contributed by atoms with E-state index in [1.54, 1.807) is 0 Å². The third-order valence-corrected chi connectivity index (χ3v) is 4.57. The van der Waals surface area contributed by atoms with Crippen molar-refractivity contribution in [3.05, 3.63) is 41.3 Å². The smallest absolute Gasteiger partial charge is 0.0956 e. The van der Waals surface area contributed by atoms with E-state index in [-0.39, 0.29) is 5.54 Å². The van der Waals surface area contributed by atoms with Gasteiger partial charge in [0, 0.05) is 10.0 Å². The van der Waals surface area contributed by atoms with E-state index in [1.165, 1.54) is 11.3 Å². The summed E-state index contributed by atoms with van der Waals surface area (Å²) in [5.74, 6) is 0. The molecule has 3 nitrogen and oxygen atoms in total. The number of rotatable bonds is 2. The second-order valence-electron chi connectivity index (χ2n) is 5.40. The van der Waals surface area contributed by atoms with Crippen molar-refractivity contribution < 1.29 is 0 Å². The molecule has 0 saturated carbocycles. The second-order valence-corrected chi connectivity index (χ2v) is 6.32. The van der Waals surface area contributed by atoms with Gasteiger partial charge < -0.3 is 9.88 Å². The number of halogens is 1. The van der Waals surface area contributed by atoms with Crippen LogP contribution >= 0.6 is 15.9 Å². The van der Waals surface area contributed by atoms with Crippen LogP contribution in [0.5, 0.6) is 0 Å². The molecule has 1 aliphatic rings. The Labute approximate surface area is 122 Å². The first kappa shape index (κ1) is 12.9. The molecule has 0 amide bonds. The van der Waals surface area contributed by atoms with E-state index in [0.717, 1.165) is 30.4 Å². The van der Waals surface area contributed by atoms with E-state index < -0.39 is 0 Å². The molecule has 0 bridgehead atoms. The van der Waals surface area contributed by atoms with Crippen molar-refractivity contribution in [2.75, 3.05) is 13.1 Å². The van der Waals surface area contributed by atoms with Crippen LogP contribution in [0.1, 0.15) is 19.8 Å². The summed E-state index contributed by atoms with van der Waals surface area (Å²) >= 11 is 3.48. The third-order valence-electron chi connectivity index (χ3n) is 4.04. The van der Waals surface area contributed by atoms with Gasteiger partial charge in [0.15, 0.2) is 0 Å². The van der Waals surface area contributed by atoms with Gasteiger partial charge in [0.05, 0.1) is 18.2 Å². The Morgan fingerprint density at radius 1 is 1.21 bits per heavy atom. The van der Waals surface area contributed by atoms with Gasteiger partial charge in [0.25, 0.3) is 0 Å². The first-order chi connectivity index (χ1) is 9.19. The van der Waals surface area contributed by atoms with Crippen molar-refractivity contribution in [1.29, 1.82) is 0 Å². The minimum atomic E-state index is 0.171. The van der Waals surface area contributed by atoms with Gasteiger partial charge in [-0.1, -0.05) is 28.1 Å². The Bertz CT molecular complexity index is 553. The third kappa shape index (κ3) is 2.47. The summed E-state index contributed by atoms with van der Waals surface area (Å²) in [5, 5.41) is 3.43. The molecule has 100 valence electrons. The van der Waals surface area contributed by atoms with Gasteiger partial charge in [-0.25, -0.2) is 4.98 Å². The van der Waals surface area contributed by atoms with Crippen LogP contribution in [0.2, 0.25) is 0 Å². The second kappa shape index (κ2) is 5.10. The Morgan fingerprint density at radius 2 is 1.89 bits per heavy atom. The maximum Gasteiger partial charge on any atom is 0.0956 e. The van der Waals surface area contributed by atoms with Crippen LogP contribution in [-0.2, 0) is 5.54 Å². The predicted octanol–water partition coefficient (Wildman–Crippen LogP) is 3.41. The van der Waals surface area contributed by atoms with Gasteiger partial charge in [-0.15, -0.1) is 0 Å². The largest absolute Gasteiger partial charge is 0.325 e. The summed E-state index contributed by atoms with van der Waals surface area (Å²) in [6, 6.07) is 8.44. The fourth-order valence-electron chi connectivity index (χ4n) is 2.77. The van der Waals surface area contributed by atoms with E-state index in [1.807, 2.05) is 12.5 Å². The van der Waals surface area contributed by atoms with E-state index >= 15 is 0 Å². The summed E-state index contributed by atoms with van der Waals surface area (Å²) in [5.41, 5.74) is 2.60. The summed E-state index contributed by atoms with van der Waals surface area (Å²) in [7, 11) is 0. The molecule has 0 spiro atoms. The number of nitrogens with zero attached hydrogens (tertiary/aromatic N) is 2. The molecular weight excluding hydrogens is 302 g/mol. The number of hydrogen-bond acceptors (Lipinski definition) is 2. The Kier molecular flexibility index (Phi) is 3.46. The van der Waals surface area contributed by atoms with Crippen molar-refractivity contribution in [2.24, 2.45) is 0 Å². The summed E-state index contributed by atoms with van der Waals surface area (Å²) in [6.45, 7) is 4.49. The van der Waals surface area contributed by atoms with E-state index in [2.05, 4.69) is 62.0 Å². The van der Waals surface area contributed by atoms with Crippen LogP contribution < -0.4 is 5.32 Å². The molecule has 1 aromatic carbocycles. The SMILES string of the molecule is CC1(n2cncc2-c2ccc(Br)cc2)CCNCC1. The van der Waals surface area contributed by atoms with Gasteiger partial charge in [0.1, 0.15) is 0 Å². The fraction of sp³-hybridized carbons (Fsp3) is 0.400. The monoisotopic (exact) mass is 319 g/mol. The molecule has 0 aliphatic carbocycles. The van der Waals surface area contributed by atoms with Crippen LogP contribution in [0.15, 0.2) is 41.3 Å². The normalized spacial score (nSPS) is 18.4. The van der Waals surface area contributed by atoms with E-state index in [0.29, 0.717) is 0 Å². The van der Waals surface area contributed by atoms with E-state index in [4.69, 9.17) is 0 Å². The summed E-state index contributed by atoms with van der Waals surface area (Å²) in [6.07, 6.45) is 6.24. The summed E-state index contributed by atoms with van der Waals surface area (Å²) < 4.78 is 3.45. The molecule has 1 fully saturated rings. The number of nitrogens with one attached hydrogen (secondary N) is 1. The zero-order chi connectivity index (χ0) is 13.3. The lowest BCUT2D eigenvalue weighted by Crippen LogP contribution is -2.41. The zero-order valence-electron chi connectivity index (χ0n) is 11.1. The Morgan fingerprint density at radius 3 is 2.58 bits per heavy atom. The first-order valence-corrected chi connectivity index (χ1v) is 7.48. The van der Waals surface area contributed by atoms with Gasteiger partial charge in [0.2, 0.25) is 0 Å². The molecular formula is C15H18BrN3. The van der Waals surface area contributed by atoms with Crippen LogP contribution in [0.3, 0.4) is 0 Å². The van der Waals surface area contributed by atoms with Gasteiger partial charge in [-0.05, 0) is 50.6 Å². The van der Waals surface area contributed by atoms with Crippen LogP contribution in [0.4, 0.5) is 0 Å². The standard InChI is InChI=1S/C15H18BrN3/c1-15(6-8-17-9-7-15)19-11-18-10-14(19)12-2-4-13(16)5-3-12/h2-5,10-11,17H,6-9H2,1H3. The number of aromatic nitrogens is 2. The molecule has 1 aromatic heterocycles. The molecule has 0 unspecified atom stereocenters. The minimum absolute atomic E-state index is 0.171. The molecule has 2 aromatic rings. The fourth-order valence-corrected chi connectivity index (χ4v) is 3.03. The molecule has 1 aliphatic heterocycles. The van der Waals surface area contributed by atoms with Crippen molar-refractivity contribution in [1.82, 2.24) is 14.9 Å². The molecule has 4 heteroatoms. The topological polar surface area (TPSA) is 29.9 Å². The molecule has 1 N–H and O–H groups in total. The number of imidazole rings is 1. The molecule has 3 rings (SSSR count). The lowest BCUT2D eigenvalue weighted by atomic mass is 9.89. The van der Waals surface area contributed by atoms with Crippen molar-refractivity contribution in [2.45, 2.75) is 25.3 Å². The van der Waals surface area contributed by atoms with Crippen molar-refractivity contribution in [3.8, 4) is 11.3 Å². The maximum atomic E-state index is 4.37. The molecule has 2 heterocycles. The van der Waals surface area contributed by atoms with Crippen LogP contribution in [0.25, 0.3) is 11.3 Å². The minimum Gasteiger partial charge on any atom is -0.325 e. The molecule has 19 heavy (non-hydrogen) atoms. The van der Waals surface area contributed by atoms with Crippen LogP contribution in [-0.4, -0.2) is 22.6 Å². The molecule has 0 radical (unpaired) electrons. The van der Waals surface area contributed by atoms with Crippen molar-refractivity contribution >= 4 is 15.9 Å². The summed E-state index contributed by atoms with van der Waals surface area (Å²) in [4.78, 5) is 4.37. The van der Waals surface area contributed by atoms with Gasteiger partial charge in [-0.3, -0.25) is 0 Å². The van der Waals surface area contributed by atoms with Gasteiger partial charge >= 0.3 is 0 Å². The number of piperidine rings is 1. The highest BCUT2D eigenvalue weighted by molar-refractivity contribution is 9.10. The molecule has 1 saturated heterocycles. The van der Waals surface area contributed by atoms with E-state index in [9.17, 15) is 0 Å². The quantitative estimate of drug-likeness (QED) is 0.919. The van der Waals surface area contributed by atoms with Crippen LogP contribution in [0, 0.1) is 0 Å². The lowest BCUT2D eigenvalue weighted by molar-refractivity contribution is 0.233. The van der Waals surface area contributed by atoms with Gasteiger partial charge in [-0.2, -0.15) is 0 Å². The predicted molar refractivity (Wildman–Crippen MR) is 81.1 cm³/mol. The lowest BCUT2D eigenvalue weighted by Gasteiger charge is -2.36. The molecule has 0 atom stereocenters. The number of hydrogen-bond donors (Lipinski definition) is 1. The maximum absolute atomic E-state index is 4.37. The van der Waals surface area contributed by atoms with Crippen molar-refractivity contribution in [3.63, 3.8) is 0 Å². The first-order valence-electron chi connectivity index (χ1n) is 6.69.